The van der Waals surface area contributed by atoms with E-state index in [0.29, 0.717) is 5.11 Å². The maximum Gasteiger partial charge on any atom is 0.274 e. The van der Waals surface area contributed by atoms with Crippen LogP contribution in [0.15, 0.2) is 30.3 Å². The van der Waals surface area contributed by atoms with Crippen molar-refractivity contribution in [2.75, 3.05) is 6.54 Å². The standard InChI is InChI=1S/C20H29N2OSSi/c1-20(2,3)18-15-10-7-6-9-14(15)13-17(23-25(4)5)16(18)11-8-12-22-19(21)24/h6-7,9-10,13H,8,11-12H2,1-5H3,(H3,21,22,24). The van der Waals surface area contributed by atoms with E-state index in [9.17, 15) is 0 Å². The zero-order chi connectivity index (χ0) is 18.6. The molecule has 1 radical (unpaired) electrons. The fourth-order valence-electron chi connectivity index (χ4n) is 3.26. The summed E-state index contributed by atoms with van der Waals surface area (Å²) in [5.74, 6) is 1.04. The zero-order valence-corrected chi connectivity index (χ0v) is 17.7. The minimum absolute atomic E-state index is 0.0410. The summed E-state index contributed by atoms with van der Waals surface area (Å²) in [6.45, 7) is 12.0. The highest BCUT2D eigenvalue weighted by Crippen LogP contribution is 2.39. The van der Waals surface area contributed by atoms with Gasteiger partial charge in [0.1, 0.15) is 5.75 Å². The molecule has 25 heavy (non-hydrogen) atoms. The fourth-order valence-corrected chi connectivity index (χ4v) is 3.98. The summed E-state index contributed by atoms with van der Waals surface area (Å²) in [5.41, 5.74) is 8.29. The van der Waals surface area contributed by atoms with Crippen molar-refractivity contribution in [3.8, 4) is 5.75 Å². The van der Waals surface area contributed by atoms with E-state index in [2.05, 4.69) is 69.5 Å². The molecule has 0 atom stereocenters. The van der Waals surface area contributed by atoms with Gasteiger partial charge in [-0.25, -0.2) is 0 Å². The molecule has 0 amide bonds. The van der Waals surface area contributed by atoms with Gasteiger partial charge >= 0.3 is 0 Å². The smallest absolute Gasteiger partial charge is 0.274 e. The third-order valence-corrected chi connectivity index (χ3v) is 4.86. The number of nitrogens with two attached hydrogens (primary N) is 1. The van der Waals surface area contributed by atoms with Gasteiger partial charge < -0.3 is 15.5 Å². The van der Waals surface area contributed by atoms with Gasteiger partial charge in [-0.1, -0.05) is 45.0 Å². The molecule has 2 rings (SSSR count). The Balaban J connectivity index is 2.54. The predicted octanol–water partition coefficient (Wildman–Crippen LogP) is 4.53. The van der Waals surface area contributed by atoms with Crippen LogP contribution in [0.3, 0.4) is 0 Å². The molecule has 5 heteroatoms. The summed E-state index contributed by atoms with van der Waals surface area (Å²) in [6, 6.07) is 10.8. The van der Waals surface area contributed by atoms with Crippen molar-refractivity contribution in [2.24, 2.45) is 5.73 Å². The van der Waals surface area contributed by atoms with Crippen molar-refractivity contribution in [1.82, 2.24) is 5.32 Å². The van der Waals surface area contributed by atoms with E-state index in [-0.39, 0.29) is 5.41 Å². The highest BCUT2D eigenvalue weighted by Gasteiger charge is 2.24. The lowest BCUT2D eigenvalue weighted by Crippen LogP contribution is -2.30. The molecule has 2 aromatic rings. The molecule has 2 aromatic carbocycles. The second-order valence-electron chi connectivity index (χ2n) is 7.60. The van der Waals surface area contributed by atoms with E-state index in [0.717, 1.165) is 25.1 Å². The van der Waals surface area contributed by atoms with Crippen LogP contribution in [0.4, 0.5) is 0 Å². The SMILES string of the molecule is C[Si](C)Oc1cc2ccccc2c(C(C)(C)C)c1CCCNC(N)=S. The predicted molar refractivity (Wildman–Crippen MR) is 114 cm³/mol. The topological polar surface area (TPSA) is 47.3 Å². The van der Waals surface area contributed by atoms with Crippen LogP contribution in [0.2, 0.25) is 13.1 Å². The number of rotatable bonds is 6. The monoisotopic (exact) mass is 373 g/mol. The summed E-state index contributed by atoms with van der Waals surface area (Å²) in [6.07, 6.45) is 1.90. The normalized spacial score (nSPS) is 11.8. The average Bonchev–Trinajstić information content (AvgIpc) is 2.49. The van der Waals surface area contributed by atoms with Crippen LogP contribution in [0.5, 0.6) is 5.75 Å². The molecule has 0 fully saturated rings. The molecule has 0 unspecified atom stereocenters. The number of fused-ring (bicyclic) bond motifs is 1. The molecule has 0 saturated heterocycles. The van der Waals surface area contributed by atoms with Crippen molar-refractivity contribution in [3.63, 3.8) is 0 Å². The Labute approximate surface area is 158 Å². The first-order chi connectivity index (χ1) is 11.7. The Morgan fingerprint density at radius 1 is 1.24 bits per heavy atom. The Kier molecular flexibility index (Phi) is 6.46. The summed E-state index contributed by atoms with van der Waals surface area (Å²) in [5, 5.41) is 5.97. The van der Waals surface area contributed by atoms with Crippen molar-refractivity contribution < 1.29 is 4.43 Å². The molecule has 0 aliphatic heterocycles. The molecule has 0 aliphatic rings. The number of nitrogens with one attached hydrogen (secondary N) is 1. The molecule has 0 aliphatic carbocycles. The van der Waals surface area contributed by atoms with Gasteiger partial charge in [0.2, 0.25) is 0 Å². The van der Waals surface area contributed by atoms with Crippen LogP contribution in [0.25, 0.3) is 10.8 Å². The number of thiocarbonyl (C=S) groups is 1. The first kappa shape index (κ1) is 19.7. The van der Waals surface area contributed by atoms with E-state index in [1.807, 2.05) is 0 Å². The molecule has 0 saturated carbocycles. The molecule has 0 aromatic heterocycles. The third-order valence-electron chi connectivity index (χ3n) is 4.08. The maximum absolute atomic E-state index is 6.30. The van der Waals surface area contributed by atoms with Crippen LogP contribution in [0.1, 0.15) is 38.3 Å². The van der Waals surface area contributed by atoms with Gasteiger partial charge in [0.25, 0.3) is 9.04 Å². The second-order valence-corrected chi connectivity index (χ2v) is 10.1. The largest absolute Gasteiger partial charge is 0.542 e. The van der Waals surface area contributed by atoms with Gasteiger partial charge in [0.15, 0.2) is 5.11 Å². The summed E-state index contributed by atoms with van der Waals surface area (Å²) < 4.78 is 6.30. The van der Waals surface area contributed by atoms with Gasteiger partial charge in [0, 0.05) is 6.54 Å². The molecular formula is C20H29N2OSSi. The van der Waals surface area contributed by atoms with Crippen LogP contribution in [0, 0.1) is 0 Å². The molecular weight excluding hydrogens is 344 g/mol. The highest BCUT2D eigenvalue weighted by atomic mass is 32.1. The minimum Gasteiger partial charge on any atom is -0.542 e. The van der Waals surface area contributed by atoms with Crippen molar-refractivity contribution in [3.05, 3.63) is 41.5 Å². The van der Waals surface area contributed by atoms with Gasteiger partial charge in [-0.2, -0.15) is 0 Å². The van der Waals surface area contributed by atoms with E-state index in [1.54, 1.807) is 0 Å². The van der Waals surface area contributed by atoms with Gasteiger partial charge in [-0.3, -0.25) is 0 Å². The van der Waals surface area contributed by atoms with Crippen LogP contribution in [-0.4, -0.2) is 20.7 Å². The summed E-state index contributed by atoms with van der Waals surface area (Å²) >= 11 is 4.90. The number of hydrogen-bond acceptors (Lipinski definition) is 2. The Bertz CT molecular complexity index is 753. The molecule has 0 bridgehead atoms. The Morgan fingerprint density at radius 3 is 2.52 bits per heavy atom. The number of benzene rings is 2. The van der Waals surface area contributed by atoms with E-state index in [4.69, 9.17) is 22.4 Å². The number of hydrogen-bond donors (Lipinski definition) is 2. The lowest BCUT2D eigenvalue weighted by molar-refractivity contribution is 0.546. The molecule has 135 valence electrons. The summed E-state index contributed by atoms with van der Waals surface area (Å²) in [4.78, 5) is 0. The Morgan fingerprint density at radius 2 is 1.92 bits per heavy atom. The molecule has 3 nitrogen and oxygen atoms in total. The molecule has 0 heterocycles. The van der Waals surface area contributed by atoms with Crippen molar-refractivity contribution in [2.45, 2.75) is 52.1 Å². The van der Waals surface area contributed by atoms with E-state index in [1.165, 1.54) is 21.9 Å². The highest BCUT2D eigenvalue weighted by molar-refractivity contribution is 7.80. The first-order valence-corrected chi connectivity index (χ1v) is 11.6. The molecule has 3 N–H and O–H groups in total. The van der Waals surface area contributed by atoms with Crippen LogP contribution < -0.4 is 15.5 Å². The zero-order valence-electron chi connectivity index (χ0n) is 15.9. The fraction of sp³-hybridized carbons (Fsp3) is 0.450. The lowest BCUT2D eigenvalue weighted by Gasteiger charge is -2.28. The quantitative estimate of drug-likeness (QED) is 0.443. The maximum atomic E-state index is 6.30. The third kappa shape index (κ3) is 5.19. The van der Waals surface area contributed by atoms with Crippen LogP contribution in [-0.2, 0) is 11.8 Å². The average molecular weight is 374 g/mol. The first-order valence-electron chi connectivity index (χ1n) is 8.76. The van der Waals surface area contributed by atoms with Gasteiger partial charge in [0.05, 0.1) is 0 Å². The van der Waals surface area contributed by atoms with Crippen molar-refractivity contribution in [1.29, 1.82) is 0 Å². The molecule has 0 spiro atoms. The van der Waals surface area contributed by atoms with Gasteiger partial charge in [-0.15, -0.1) is 0 Å². The van der Waals surface area contributed by atoms with Crippen molar-refractivity contribution >= 4 is 37.1 Å². The Hall–Kier alpha value is -1.59. The van der Waals surface area contributed by atoms with Crippen LogP contribution >= 0.6 is 12.2 Å². The summed E-state index contributed by atoms with van der Waals surface area (Å²) in [7, 11) is -0.838. The lowest BCUT2D eigenvalue weighted by atomic mass is 9.79. The van der Waals surface area contributed by atoms with Gasteiger partial charge in [-0.05, 0) is 71.5 Å². The van der Waals surface area contributed by atoms with E-state index < -0.39 is 9.04 Å². The minimum atomic E-state index is -0.838. The second kappa shape index (κ2) is 8.19. The van der Waals surface area contributed by atoms with E-state index >= 15 is 0 Å².